The zero-order valence-electron chi connectivity index (χ0n) is 4.21. The van der Waals surface area contributed by atoms with Crippen LogP contribution in [0.4, 0.5) is 0 Å². The summed E-state index contributed by atoms with van der Waals surface area (Å²) < 4.78 is 0. The van der Waals surface area contributed by atoms with Crippen LogP contribution in [0.1, 0.15) is 0 Å². The summed E-state index contributed by atoms with van der Waals surface area (Å²) in [7, 11) is 0. The molecule has 43 valence electrons. The fraction of sp³-hybridized carbons (Fsp3) is 0. The van der Waals surface area contributed by atoms with Gasteiger partial charge in [-0.2, -0.15) is 0 Å². The summed E-state index contributed by atoms with van der Waals surface area (Å²) in [5.74, 6) is 0. The van der Waals surface area contributed by atoms with Crippen molar-refractivity contribution in [1.82, 2.24) is 0 Å². The summed E-state index contributed by atoms with van der Waals surface area (Å²) in [6.45, 7) is 0. The van der Waals surface area contributed by atoms with Crippen molar-refractivity contribution in [3.05, 3.63) is 30.3 Å². The quantitative estimate of drug-likeness (QED) is 0.620. The van der Waals surface area contributed by atoms with Gasteiger partial charge in [-0.15, -0.1) is 12.6 Å². The van der Waals surface area contributed by atoms with Crippen LogP contribution in [0.5, 0.6) is 0 Å². The van der Waals surface area contributed by atoms with Gasteiger partial charge in [-0.25, -0.2) is 0 Å². The van der Waals surface area contributed by atoms with Gasteiger partial charge in [-0.1, -0.05) is 18.2 Å². The smallest absolute Gasteiger partial charge is 0.00399 e. The third-order valence-electron chi connectivity index (χ3n) is 0.756. The molecule has 0 aromatic heterocycles. The van der Waals surface area contributed by atoms with Crippen LogP contribution in [0.15, 0.2) is 35.2 Å². The van der Waals surface area contributed by atoms with Crippen LogP contribution in [0.3, 0.4) is 0 Å². The van der Waals surface area contributed by atoms with E-state index in [-0.39, 0.29) is 20.1 Å². The van der Waals surface area contributed by atoms with Crippen molar-refractivity contribution in [1.29, 1.82) is 0 Å². The summed E-state index contributed by atoms with van der Waals surface area (Å²) in [4.78, 5) is 1.02. The molecule has 0 nitrogen and oxygen atoms in total. The van der Waals surface area contributed by atoms with E-state index in [1.807, 2.05) is 30.3 Å². The Kier molecular flexibility index (Phi) is 4.25. The van der Waals surface area contributed by atoms with Crippen LogP contribution in [-0.2, 0) is 20.1 Å². The number of hydrogen-bond donors (Lipinski definition) is 1. The molecular weight excluding hydrogens is 203 g/mol. The first-order valence-electron chi connectivity index (χ1n) is 2.13. The molecule has 0 atom stereocenters. The van der Waals surface area contributed by atoms with Gasteiger partial charge in [0.15, 0.2) is 0 Å². The molecule has 0 aliphatic carbocycles. The van der Waals surface area contributed by atoms with Gasteiger partial charge in [-0.3, -0.25) is 0 Å². The molecule has 0 aliphatic heterocycles. The van der Waals surface area contributed by atoms with E-state index in [1.54, 1.807) is 0 Å². The minimum absolute atomic E-state index is 0. The molecule has 0 spiro atoms. The molecule has 0 unspecified atom stereocenters. The molecule has 1 radical (unpaired) electrons. The molecule has 1 rings (SSSR count). The van der Waals surface area contributed by atoms with E-state index in [0.717, 1.165) is 4.90 Å². The number of thiol groups is 1. The van der Waals surface area contributed by atoms with E-state index in [1.165, 1.54) is 0 Å². The fourth-order valence-electron chi connectivity index (χ4n) is 0.428. The van der Waals surface area contributed by atoms with Gasteiger partial charge in [-0.05, 0) is 12.1 Å². The largest absolute Gasteiger partial charge is 0.143 e. The van der Waals surface area contributed by atoms with Crippen molar-refractivity contribution in [2.24, 2.45) is 0 Å². The van der Waals surface area contributed by atoms with Gasteiger partial charge in [0.25, 0.3) is 0 Å². The minimum Gasteiger partial charge on any atom is -0.143 e. The summed E-state index contributed by atoms with van der Waals surface area (Å²) >= 11 is 4.08. The third-order valence-corrected chi connectivity index (χ3v) is 1.05. The topological polar surface area (TPSA) is 0 Å². The molecule has 0 saturated heterocycles. The van der Waals surface area contributed by atoms with Gasteiger partial charge in [0.05, 0.1) is 0 Å². The van der Waals surface area contributed by atoms with E-state index in [9.17, 15) is 0 Å². The van der Waals surface area contributed by atoms with E-state index in [4.69, 9.17) is 0 Å². The monoisotopic (exact) mass is 209 g/mol. The minimum atomic E-state index is 0. The van der Waals surface area contributed by atoms with Gasteiger partial charge < -0.3 is 0 Å². The zero-order chi connectivity index (χ0) is 5.11. The molecule has 0 bridgehead atoms. The Morgan fingerprint density at radius 2 is 1.50 bits per heavy atom. The first-order valence-corrected chi connectivity index (χ1v) is 2.58. The maximum absolute atomic E-state index is 4.08. The van der Waals surface area contributed by atoms with Gasteiger partial charge >= 0.3 is 0 Å². The number of benzene rings is 1. The Labute approximate surface area is 68.1 Å². The second-order valence-corrected chi connectivity index (χ2v) is 1.85. The van der Waals surface area contributed by atoms with Crippen LogP contribution >= 0.6 is 12.6 Å². The van der Waals surface area contributed by atoms with Crippen molar-refractivity contribution in [2.45, 2.75) is 4.90 Å². The van der Waals surface area contributed by atoms with Crippen LogP contribution in [0.25, 0.3) is 0 Å². The van der Waals surface area contributed by atoms with Crippen molar-refractivity contribution in [3.63, 3.8) is 0 Å². The van der Waals surface area contributed by atoms with Crippen molar-refractivity contribution >= 4 is 12.6 Å². The van der Waals surface area contributed by atoms with Gasteiger partial charge in [0, 0.05) is 25.0 Å². The van der Waals surface area contributed by atoms with Gasteiger partial charge in [0.1, 0.15) is 0 Å². The van der Waals surface area contributed by atoms with E-state index < -0.39 is 0 Å². The molecule has 0 N–H and O–H groups in total. The molecule has 0 saturated carbocycles. The predicted octanol–water partition coefficient (Wildman–Crippen LogP) is 1.97. The Morgan fingerprint density at radius 1 is 1.00 bits per heavy atom. The molecule has 0 fully saturated rings. The maximum atomic E-state index is 4.08. The van der Waals surface area contributed by atoms with Crippen LogP contribution in [-0.4, -0.2) is 0 Å². The van der Waals surface area contributed by atoms with Crippen molar-refractivity contribution in [3.8, 4) is 0 Å². The normalized spacial score (nSPS) is 7.62. The molecule has 2 heteroatoms. The molecular formula is C6H6STc. The second kappa shape index (κ2) is 4.13. The molecule has 8 heavy (non-hydrogen) atoms. The fourth-order valence-corrected chi connectivity index (χ4v) is 0.600. The van der Waals surface area contributed by atoms with Crippen LogP contribution in [0, 0.1) is 0 Å². The first-order chi connectivity index (χ1) is 3.39. The number of hydrogen-bond acceptors (Lipinski definition) is 1. The summed E-state index contributed by atoms with van der Waals surface area (Å²) in [5.41, 5.74) is 0. The Bertz CT molecular complexity index is 138. The summed E-state index contributed by atoms with van der Waals surface area (Å²) in [6.07, 6.45) is 0. The van der Waals surface area contributed by atoms with Crippen LogP contribution < -0.4 is 0 Å². The third kappa shape index (κ3) is 2.51. The van der Waals surface area contributed by atoms with Crippen molar-refractivity contribution < 1.29 is 20.1 Å². The van der Waals surface area contributed by atoms with Crippen LogP contribution in [0.2, 0.25) is 0 Å². The average molecular weight is 209 g/mol. The molecule has 1 aromatic rings. The standard InChI is InChI=1S/C6H6S.Tc/c7-6-4-2-1-3-5-6;/h1-5,7H;/i;1+1. The first kappa shape index (κ1) is 8.22. The zero-order valence-corrected chi connectivity index (χ0v) is 6.96. The molecule has 0 aliphatic rings. The molecule has 0 amide bonds. The van der Waals surface area contributed by atoms with Crippen molar-refractivity contribution in [2.75, 3.05) is 0 Å². The average Bonchev–Trinajstić information content (AvgIpc) is 1.69. The molecule has 1 aromatic carbocycles. The predicted molar refractivity (Wildman–Crippen MR) is 33.7 cm³/mol. The Morgan fingerprint density at radius 3 is 1.75 bits per heavy atom. The second-order valence-electron chi connectivity index (χ2n) is 1.34. The van der Waals surface area contributed by atoms with Gasteiger partial charge in [0.2, 0.25) is 0 Å². The van der Waals surface area contributed by atoms with E-state index >= 15 is 0 Å². The summed E-state index contributed by atoms with van der Waals surface area (Å²) in [6, 6.07) is 9.79. The van der Waals surface area contributed by atoms with E-state index in [2.05, 4.69) is 12.6 Å². The number of rotatable bonds is 0. The Hall–Kier alpha value is 0.219. The Balaban J connectivity index is 0.000000490. The SMILES string of the molecule is Sc1ccccc1.[99Tc]. The maximum Gasteiger partial charge on any atom is 0.00399 e. The molecule has 0 heterocycles. The summed E-state index contributed by atoms with van der Waals surface area (Å²) in [5, 5.41) is 0. The van der Waals surface area contributed by atoms with E-state index in [0.29, 0.717) is 0 Å².